The molecule has 19 heavy (non-hydrogen) atoms. The minimum absolute atomic E-state index is 0.124. The summed E-state index contributed by atoms with van der Waals surface area (Å²) in [6.07, 6.45) is 1.10. The Balaban J connectivity index is 2.50. The molecule has 2 aromatic rings. The van der Waals surface area contributed by atoms with E-state index >= 15 is 0 Å². The third kappa shape index (κ3) is 2.54. The van der Waals surface area contributed by atoms with Crippen molar-refractivity contribution in [2.75, 3.05) is 7.11 Å². The average Bonchev–Trinajstić information content (AvgIpc) is 2.87. The molecule has 7 heteroatoms. The summed E-state index contributed by atoms with van der Waals surface area (Å²) in [5, 5.41) is 22.3. The van der Waals surface area contributed by atoms with Gasteiger partial charge >= 0.3 is 0 Å². The lowest BCUT2D eigenvalue weighted by Crippen LogP contribution is -1.93. The zero-order valence-electron chi connectivity index (χ0n) is 9.94. The molecule has 0 unspecified atom stereocenters. The second kappa shape index (κ2) is 5.21. The van der Waals surface area contributed by atoms with E-state index in [2.05, 4.69) is 5.16 Å². The maximum Gasteiger partial charge on any atom is 0.284 e. The number of oxime groups is 1. The fourth-order valence-corrected chi connectivity index (χ4v) is 1.62. The third-order valence-electron chi connectivity index (χ3n) is 2.48. The highest BCUT2D eigenvalue weighted by molar-refractivity contribution is 5.78. The van der Waals surface area contributed by atoms with Gasteiger partial charge < -0.3 is 14.4 Å². The first-order valence-corrected chi connectivity index (χ1v) is 5.25. The molecule has 1 heterocycles. The molecule has 1 aromatic heterocycles. The molecule has 1 aromatic carbocycles. The van der Waals surface area contributed by atoms with E-state index in [9.17, 15) is 10.1 Å². The lowest BCUT2D eigenvalue weighted by molar-refractivity contribution is -0.384. The molecule has 0 atom stereocenters. The SMILES string of the molecule is COc1ccc(-c2ccc(/C=N\O)o2)c([N+](=O)[O-])c1. The molecule has 1 N–H and O–H groups in total. The van der Waals surface area contributed by atoms with Gasteiger partial charge in [0, 0.05) is 0 Å². The molecule has 0 aliphatic heterocycles. The van der Waals surface area contributed by atoms with E-state index in [0.717, 1.165) is 6.21 Å². The van der Waals surface area contributed by atoms with Crippen LogP contribution in [0.5, 0.6) is 5.75 Å². The fraction of sp³-hybridized carbons (Fsp3) is 0.0833. The third-order valence-corrected chi connectivity index (χ3v) is 2.48. The number of nitrogens with zero attached hydrogens (tertiary/aromatic N) is 2. The van der Waals surface area contributed by atoms with E-state index in [-0.39, 0.29) is 5.69 Å². The molecule has 0 radical (unpaired) electrons. The Hall–Kier alpha value is -2.83. The lowest BCUT2D eigenvalue weighted by atomic mass is 10.1. The van der Waals surface area contributed by atoms with Gasteiger partial charge in [-0.1, -0.05) is 5.16 Å². The lowest BCUT2D eigenvalue weighted by Gasteiger charge is -2.03. The largest absolute Gasteiger partial charge is 0.497 e. The van der Waals surface area contributed by atoms with Gasteiger partial charge in [0.05, 0.1) is 23.7 Å². The molecule has 0 saturated carbocycles. The van der Waals surface area contributed by atoms with Crippen LogP contribution in [-0.4, -0.2) is 23.5 Å². The molecule has 0 saturated heterocycles. The van der Waals surface area contributed by atoms with Crippen LogP contribution >= 0.6 is 0 Å². The fourth-order valence-electron chi connectivity index (χ4n) is 1.62. The Morgan fingerprint density at radius 2 is 2.21 bits per heavy atom. The maximum absolute atomic E-state index is 11.0. The molecule has 0 spiro atoms. The molecule has 7 nitrogen and oxygen atoms in total. The van der Waals surface area contributed by atoms with Gasteiger partial charge in [-0.05, 0) is 24.3 Å². The van der Waals surface area contributed by atoms with Crippen LogP contribution in [-0.2, 0) is 0 Å². The summed E-state index contributed by atoms with van der Waals surface area (Å²) in [6.45, 7) is 0. The number of furan rings is 1. The highest BCUT2D eigenvalue weighted by Gasteiger charge is 2.19. The Labute approximate surface area is 107 Å². The van der Waals surface area contributed by atoms with Crippen LogP contribution in [0.2, 0.25) is 0 Å². The number of nitro benzene ring substituents is 1. The highest BCUT2D eigenvalue weighted by Crippen LogP contribution is 2.33. The molecule has 98 valence electrons. The van der Waals surface area contributed by atoms with E-state index in [0.29, 0.717) is 22.8 Å². The quantitative estimate of drug-likeness (QED) is 0.395. The first-order valence-electron chi connectivity index (χ1n) is 5.25. The Morgan fingerprint density at radius 3 is 2.84 bits per heavy atom. The van der Waals surface area contributed by atoms with Crippen molar-refractivity contribution in [3.8, 4) is 17.1 Å². The molecular weight excluding hydrogens is 252 g/mol. The van der Waals surface area contributed by atoms with Crippen molar-refractivity contribution in [2.24, 2.45) is 5.16 Å². The second-order valence-corrected chi connectivity index (χ2v) is 3.59. The minimum atomic E-state index is -0.514. The summed E-state index contributed by atoms with van der Waals surface area (Å²) < 4.78 is 10.3. The van der Waals surface area contributed by atoms with Gasteiger partial charge in [0.2, 0.25) is 0 Å². The predicted octanol–water partition coefficient (Wildman–Crippen LogP) is 2.67. The smallest absolute Gasteiger partial charge is 0.284 e. The van der Waals surface area contributed by atoms with Crippen molar-refractivity contribution in [3.05, 3.63) is 46.2 Å². The van der Waals surface area contributed by atoms with Gasteiger partial charge in [-0.2, -0.15) is 0 Å². The number of methoxy groups -OCH3 is 1. The molecule has 0 aliphatic carbocycles. The summed E-state index contributed by atoms with van der Waals surface area (Å²) in [5.74, 6) is 0.992. The van der Waals surface area contributed by atoms with Crippen molar-refractivity contribution in [3.63, 3.8) is 0 Å². The number of benzene rings is 1. The van der Waals surface area contributed by atoms with Crippen LogP contribution in [0.4, 0.5) is 5.69 Å². The van der Waals surface area contributed by atoms with Crippen LogP contribution < -0.4 is 4.74 Å². The number of ether oxygens (including phenoxy) is 1. The molecule has 0 bridgehead atoms. The van der Waals surface area contributed by atoms with Crippen LogP contribution in [0.15, 0.2) is 39.9 Å². The van der Waals surface area contributed by atoms with Gasteiger partial charge in [0.25, 0.3) is 5.69 Å². The van der Waals surface area contributed by atoms with Crippen LogP contribution in [0.1, 0.15) is 5.76 Å². The topological polar surface area (TPSA) is 98.1 Å². The monoisotopic (exact) mass is 262 g/mol. The van der Waals surface area contributed by atoms with Gasteiger partial charge in [-0.3, -0.25) is 10.1 Å². The molecule has 2 rings (SSSR count). The van der Waals surface area contributed by atoms with Crippen LogP contribution in [0, 0.1) is 10.1 Å². The normalized spacial score (nSPS) is 10.8. The summed E-state index contributed by atoms with van der Waals surface area (Å²) in [5.41, 5.74) is 0.199. The van der Waals surface area contributed by atoms with Crippen LogP contribution in [0.25, 0.3) is 11.3 Å². The van der Waals surface area contributed by atoms with Gasteiger partial charge in [-0.15, -0.1) is 0 Å². The number of hydrogen-bond acceptors (Lipinski definition) is 6. The van der Waals surface area contributed by atoms with Crippen molar-refractivity contribution in [1.82, 2.24) is 0 Å². The van der Waals surface area contributed by atoms with Crippen molar-refractivity contribution >= 4 is 11.9 Å². The van der Waals surface area contributed by atoms with E-state index in [1.165, 1.54) is 19.2 Å². The summed E-state index contributed by atoms with van der Waals surface area (Å²) >= 11 is 0. The number of hydrogen-bond donors (Lipinski definition) is 1. The summed E-state index contributed by atoms with van der Waals surface area (Å²) in [4.78, 5) is 10.5. The Morgan fingerprint density at radius 1 is 1.42 bits per heavy atom. The maximum atomic E-state index is 11.0. The van der Waals surface area contributed by atoms with E-state index in [4.69, 9.17) is 14.4 Å². The summed E-state index contributed by atoms with van der Waals surface area (Å²) in [6, 6.07) is 7.56. The Bertz CT molecular complexity index is 633. The highest BCUT2D eigenvalue weighted by atomic mass is 16.6. The number of rotatable bonds is 4. The summed E-state index contributed by atoms with van der Waals surface area (Å²) in [7, 11) is 1.43. The van der Waals surface area contributed by atoms with Crippen molar-refractivity contribution < 1.29 is 19.3 Å². The van der Waals surface area contributed by atoms with Gasteiger partial charge in [0.1, 0.15) is 23.5 Å². The zero-order chi connectivity index (χ0) is 13.8. The number of nitro groups is 1. The van der Waals surface area contributed by atoms with E-state index in [1.54, 1.807) is 18.2 Å². The van der Waals surface area contributed by atoms with E-state index in [1.807, 2.05) is 0 Å². The zero-order valence-corrected chi connectivity index (χ0v) is 9.94. The molecule has 0 amide bonds. The predicted molar refractivity (Wildman–Crippen MR) is 66.7 cm³/mol. The van der Waals surface area contributed by atoms with Crippen molar-refractivity contribution in [2.45, 2.75) is 0 Å². The van der Waals surface area contributed by atoms with Crippen molar-refractivity contribution in [1.29, 1.82) is 0 Å². The Kier molecular flexibility index (Phi) is 3.46. The first-order chi connectivity index (χ1) is 9.15. The first kappa shape index (κ1) is 12.6. The van der Waals surface area contributed by atoms with Gasteiger partial charge in [-0.25, -0.2) is 0 Å². The molecule has 0 fully saturated rings. The van der Waals surface area contributed by atoms with E-state index < -0.39 is 4.92 Å². The molecule has 0 aliphatic rings. The standard InChI is InChI=1S/C12H10N2O5/c1-18-8-2-4-10(11(6-8)14(16)17)12-5-3-9(19-12)7-13-15/h2-7,15H,1H3/b13-7-. The second-order valence-electron chi connectivity index (χ2n) is 3.59. The van der Waals surface area contributed by atoms with Crippen LogP contribution in [0.3, 0.4) is 0 Å². The minimum Gasteiger partial charge on any atom is -0.497 e. The average molecular weight is 262 g/mol. The molecular formula is C12H10N2O5. The van der Waals surface area contributed by atoms with Gasteiger partial charge in [0.15, 0.2) is 0 Å².